The summed E-state index contributed by atoms with van der Waals surface area (Å²) in [6, 6.07) is 2.27. The molecule has 1 heterocycles. The molecule has 1 amide bonds. The van der Waals surface area contributed by atoms with E-state index in [2.05, 4.69) is 4.74 Å². The highest BCUT2D eigenvalue weighted by molar-refractivity contribution is 7.89. The first-order chi connectivity index (χ1) is 9.86. The maximum Gasteiger partial charge on any atom is 0.409 e. The number of hydrogen-bond donors (Lipinski definition) is 0. The summed E-state index contributed by atoms with van der Waals surface area (Å²) in [6.07, 6.45) is -0.552. The standard InChI is InChI=1S/C12H14F2N2O4S/c1-20-12(17)15-4-6-16(7-5-15)21(18,19)11-8-9(13)2-3-10(11)14/h2-3,8H,4-7H2,1H3. The van der Waals surface area contributed by atoms with Crippen molar-refractivity contribution in [1.82, 2.24) is 9.21 Å². The van der Waals surface area contributed by atoms with E-state index in [9.17, 15) is 22.0 Å². The van der Waals surface area contributed by atoms with Crippen molar-refractivity contribution < 1.29 is 26.7 Å². The van der Waals surface area contributed by atoms with Crippen molar-refractivity contribution in [2.75, 3.05) is 33.3 Å². The van der Waals surface area contributed by atoms with Gasteiger partial charge in [0, 0.05) is 26.2 Å². The fourth-order valence-electron chi connectivity index (χ4n) is 2.05. The Morgan fingerprint density at radius 3 is 2.38 bits per heavy atom. The van der Waals surface area contributed by atoms with Crippen LogP contribution >= 0.6 is 0 Å². The van der Waals surface area contributed by atoms with E-state index in [1.807, 2.05) is 0 Å². The molecule has 1 saturated heterocycles. The molecule has 1 aromatic carbocycles. The summed E-state index contributed by atoms with van der Waals surface area (Å²) in [5, 5.41) is 0. The van der Waals surface area contributed by atoms with Gasteiger partial charge in [0.25, 0.3) is 0 Å². The molecular weight excluding hydrogens is 306 g/mol. The Morgan fingerprint density at radius 1 is 1.19 bits per heavy atom. The number of sulfonamides is 1. The Kier molecular flexibility index (Phi) is 4.43. The second kappa shape index (κ2) is 5.94. The van der Waals surface area contributed by atoms with E-state index in [1.165, 1.54) is 12.0 Å². The van der Waals surface area contributed by atoms with Crippen molar-refractivity contribution in [3.05, 3.63) is 29.8 Å². The maximum atomic E-state index is 13.6. The zero-order valence-corrected chi connectivity index (χ0v) is 12.1. The number of rotatable bonds is 2. The summed E-state index contributed by atoms with van der Waals surface area (Å²) in [7, 11) is -2.90. The summed E-state index contributed by atoms with van der Waals surface area (Å²) in [5.74, 6) is -1.84. The normalized spacial score (nSPS) is 16.8. The Labute approximate surface area is 121 Å². The van der Waals surface area contributed by atoms with Crippen LogP contribution in [0.1, 0.15) is 0 Å². The summed E-state index contributed by atoms with van der Waals surface area (Å²) >= 11 is 0. The van der Waals surface area contributed by atoms with E-state index in [4.69, 9.17) is 0 Å². The van der Waals surface area contributed by atoms with Gasteiger partial charge in [-0.1, -0.05) is 0 Å². The molecule has 1 aromatic rings. The third-order valence-corrected chi connectivity index (χ3v) is 5.10. The van der Waals surface area contributed by atoms with Crippen LogP contribution in [0, 0.1) is 11.6 Å². The Balaban J connectivity index is 2.19. The lowest BCUT2D eigenvalue weighted by Crippen LogP contribution is -2.50. The van der Waals surface area contributed by atoms with Crippen molar-refractivity contribution in [2.24, 2.45) is 0 Å². The van der Waals surface area contributed by atoms with E-state index in [1.54, 1.807) is 0 Å². The molecule has 0 N–H and O–H groups in total. The van der Waals surface area contributed by atoms with Crippen LogP contribution in [0.25, 0.3) is 0 Å². The Morgan fingerprint density at radius 2 is 1.81 bits per heavy atom. The first-order valence-electron chi connectivity index (χ1n) is 6.14. The van der Waals surface area contributed by atoms with Gasteiger partial charge in [-0.25, -0.2) is 22.0 Å². The zero-order valence-electron chi connectivity index (χ0n) is 11.3. The first-order valence-corrected chi connectivity index (χ1v) is 7.58. The molecule has 1 aliphatic heterocycles. The van der Waals surface area contributed by atoms with Crippen LogP contribution in [0.5, 0.6) is 0 Å². The average Bonchev–Trinajstić information content (AvgIpc) is 2.49. The lowest BCUT2D eigenvalue weighted by atomic mass is 10.3. The van der Waals surface area contributed by atoms with Gasteiger partial charge in [0.05, 0.1) is 7.11 Å². The van der Waals surface area contributed by atoms with Gasteiger partial charge in [-0.05, 0) is 18.2 Å². The number of ether oxygens (including phenoxy) is 1. The van der Waals surface area contributed by atoms with Crippen LogP contribution in [0.2, 0.25) is 0 Å². The van der Waals surface area contributed by atoms with Crippen LogP contribution < -0.4 is 0 Å². The van der Waals surface area contributed by atoms with E-state index in [0.29, 0.717) is 6.07 Å². The molecule has 0 radical (unpaired) electrons. The number of benzene rings is 1. The minimum Gasteiger partial charge on any atom is -0.453 e. The van der Waals surface area contributed by atoms with E-state index in [-0.39, 0.29) is 26.2 Å². The second-order valence-corrected chi connectivity index (χ2v) is 6.34. The van der Waals surface area contributed by atoms with Gasteiger partial charge >= 0.3 is 6.09 Å². The molecule has 2 rings (SSSR count). The fourth-order valence-corrected chi connectivity index (χ4v) is 3.55. The number of methoxy groups -OCH3 is 1. The van der Waals surface area contributed by atoms with Crippen LogP contribution in [0.3, 0.4) is 0 Å². The molecule has 0 spiro atoms. The summed E-state index contributed by atoms with van der Waals surface area (Å²) < 4.78 is 56.9. The third-order valence-electron chi connectivity index (χ3n) is 3.18. The van der Waals surface area contributed by atoms with Gasteiger partial charge in [0.2, 0.25) is 10.0 Å². The molecule has 0 aliphatic carbocycles. The number of carbonyl (C=O) groups is 1. The molecule has 0 aromatic heterocycles. The van der Waals surface area contributed by atoms with Crippen molar-refractivity contribution in [3.8, 4) is 0 Å². The third kappa shape index (κ3) is 3.13. The monoisotopic (exact) mass is 320 g/mol. The summed E-state index contributed by atoms with van der Waals surface area (Å²) in [4.78, 5) is 12.0. The highest BCUT2D eigenvalue weighted by atomic mass is 32.2. The highest BCUT2D eigenvalue weighted by Crippen LogP contribution is 2.21. The molecule has 9 heteroatoms. The minimum atomic E-state index is -4.13. The first kappa shape index (κ1) is 15.6. The molecule has 21 heavy (non-hydrogen) atoms. The number of hydrogen-bond acceptors (Lipinski definition) is 4. The number of nitrogens with zero attached hydrogens (tertiary/aromatic N) is 2. The predicted octanol–water partition coefficient (Wildman–Crippen LogP) is 1.04. The van der Waals surface area contributed by atoms with Crippen molar-refractivity contribution in [3.63, 3.8) is 0 Å². The van der Waals surface area contributed by atoms with E-state index < -0.39 is 32.6 Å². The number of halogens is 2. The molecule has 1 fully saturated rings. The quantitative estimate of drug-likeness (QED) is 0.816. The maximum absolute atomic E-state index is 13.6. The Hall–Kier alpha value is -1.74. The van der Waals surface area contributed by atoms with Gasteiger partial charge in [-0.15, -0.1) is 0 Å². The van der Waals surface area contributed by atoms with Gasteiger partial charge in [0.15, 0.2) is 0 Å². The predicted molar refractivity (Wildman–Crippen MR) is 69.1 cm³/mol. The van der Waals surface area contributed by atoms with Crippen molar-refractivity contribution in [1.29, 1.82) is 0 Å². The van der Waals surface area contributed by atoms with Crippen LogP contribution in [0.4, 0.5) is 13.6 Å². The van der Waals surface area contributed by atoms with Gasteiger partial charge in [-0.2, -0.15) is 4.31 Å². The average molecular weight is 320 g/mol. The SMILES string of the molecule is COC(=O)N1CCN(S(=O)(=O)c2cc(F)ccc2F)CC1. The number of carbonyl (C=O) groups excluding carboxylic acids is 1. The van der Waals surface area contributed by atoms with Crippen LogP contribution in [-0.2, 0) is 14.8 Å². The topological polar surface area (TPSA) is 66.9 Å². The van der Waals surface area contributed by atoms with Crippen molar-refractivity contribution in [2.45, 2.75) is 4.90 Å². The second-order valence-electron chi connectivity index (χ2n) is 4.44. The van der Waals surface area contributed by atoms with Gasteiger partial charge in [-0.3, -0.25) is 0 Å². The fraction of sp³-hybridized carbons (Fsp3) is 0.417. The minimum absolute atomic E-state index is 0.00656. The Bertz CT molecular complexity index is 643. The highest BCUT2D eigenvalue weighted by Gasteiger charge is 2.32. The summed E-state index contributed by atoms with van der Waals surface area (Å²) in [6.45, 7) is 0.243. The van der Waals surface area contributed by atoms with Crippen molar-refractivity contribution >= 4 is 16.1 Å². The molecule has 0 atom stereocenters. The molecule has 116 valence electrons. The number of piperazine rings is 1. The summed E-state index contributed by atoms with van der Waals surface area (Å²) in [5.41, 5.74) is 0. The molecule has 6 nitrogen and oxygen atoms in total. The van der Waals surface area contributed by atoms with Crippen LogP contribution in [0.15, 0.2) is 23.1 Å². The van der Waals surface area contributed by atoms with Crippen LogP contribution in [-0.4, -0.2) is 57.0 Å². The largest absolute Gasteiger partial charge is 0.453 e. The zero-order chi connectivity index (χ0) is 15.6. The lowest BCUT2D eigenvalue weighted by Gasteiger charge is -2.33. The van der Waals surface area contributed by atoms with Gasteiger partial charge in [0.1, 0.15) is 16.5 Å². The molecular formula is C12H14F2N2O4S. The molecule has 1 aliphatic rings. The van der Waals surface area contributed by atoms with E-state index >= 15 is 0 Å². The lowest BCUT2D eigenvalue weighted by molar-refractivity contribution is 0.108. The smallest absolute Gasteiger partial charge is 0.409 e. The molecule has 0 unspecified atom stereocenters. The molecule has 0 saturated carbocycles. The molecule has 0 bridgehead atoms. The number of amides is 1. The van der Waals surface area contributed by atoms with E-state index in [0.717, 1.165) is 16.4 Å². The van der Waals surface area contributed by atoms with Gasteiger partial charge < -0.3 is 9.64 Å².